The quantitative estimate of drug-likeness (QED) is 0.695. The smallest absolute Gasteiger partial charge is 0.347 e. The van der Waals surface area contributed by atoms with Crippen LogP contribution in [-0.4, -0.2) is 24.6 Å². The van der Waals surface area contributed by atoms with Gasteiger partial charge in [0.25, 0.3) is 0 Å². The Hall–Kier alpha value is -1.06. The molecule has 17 heavy (non-hydrogen) atoms. The molecule has 0 aliphatic heterocycles. The summed E-state index contributed by atoms with van der Waals surface area (Å²) in [6.45, 7) is 3.87. The van der Waals surface area contributed by atoms with E-state index in [1.807, 2.05) is 6.92 Å². The number of carbonyl (C=O) groups excluding carboxylic acids is 2. The number of hydrogen-bond acceptors (Lipinski definition) is 4. The van der Waals surface area contributed by atoms with E-state index in [2.05, 4.69) is 0 Å². The highest BCUT2D eigenvalue weighted by molar-refractivity contribution is 5.80. The molecule has 1 fully saturated rings. The molecule has 1 aliphatic carbocycles. The van der Waals surface area contributed by atoms with Crippen LogP contribution in [0.4, 0.5) is 0 Å². The maximum absolute atomic E-state index is 11.8. The third-order valence-corrected chi connectivity index (χ3v) is 3.12. The van der Waals surface area contributed by atoms with E-state index in [0.717, 1.165) is 25.7 Å². The van der Waals surface area contributed by atoms with Crippen LogP contribution in [0.15, 0.2) is 0 Å². The summed E-state index contributed by atoms with van der Waals surface area (Å²) in [5.74, 6) is -0.684. The molecule has 1 unspecified atom stereocenters. The van der Waals surface area contributed by atoms with Crippen molar-refractivity contribution >= 4 is 11.9 Å². The van der Waals surface area contributed by atoms with Crippen LogP contribution in [0.1, 0.15) is 52.4 Å². The van der Waals surface area contributed by atoms with Gasteiger partial charge in [0.1, 0.15) is 0 Å². The van der Waals surface area contributed by atoms with Gasteiger partial charge in [-0.25, -0.2) is 4.79 Å². The predicted octanol–water partition coefficient (Wildman–Crippen LogP) is 2.45. The maximum atomic E-state index is 11.8. The van der Waals surface area contributed by atoms with E-state index in [0.29, 0.717) is 13.0 Å². The lowest BCUT2D eigenvalue weighted by atomic mass is 9.89. The molecule has 0 spiro atoms. The number of carbonyl (C=O) groups is 2. The monoisotopic (exact) mass is 242 g/mol. The van der Waals surface area contributed by atoms with Crippen LogP contribution in [0.3, 0.4) is 0 Å². The molecule has 0 aromatic carbocycles. The fraction of sp³-hybridized carbons (Fsp3) is 0.846. The topological polar surface area (TPSA) is 52.6 Å². The minimum atomic E-state index is -0.732. The van der Waals surface area contributed by atoms with Crippen molar-refractivity contribution in [1.29, 1.82) is 0 Å². The lowest BCUT2D eigenvalue weighted by Crippen LogP contribution is -2.32. The average Bonchev–Trinajstić information content (AvgIpc) is 2.37. The van der Waals surface area contributed by atoms with Crippen molar-refractivity contribution in [3.8, 4) is 0 Å². The van der Waals surface area contributed by atoms with Crippen molar-refractivity contribution in [2.24, 2.45) is 5.92 Å². The minimum Gasteiger partial charge on any atom is -0.463 e. The SMILES string of the molecule is CCOC(=O)C(CC)OC(=O)C1CCCCC1. The van der Waals surface area contributed by atoms with Crippen molar-refractivity contribution in [3.63, 3.8) is 0 Å². The highest BCUT2D eigenvalue weighted by Gasteiger charge is 2.28. The molecule has 1 atom stereocenters. The molecule has 1 saturated carbocycles. The minimum absolute atomic E-state index is 0.0211. The van der Waals surface area contributed by atoms with E-state index in [1.54, 1.807) is 6.92 Å². The van der Waals surface area contributed by atoms with Gasteiger partial charge in [-0.15, -0.1) is 0 Å². The number of esters is 2. The van der Waals surface area contributed by atoms with Gasteiger partial charge in [-0.05, 0) is 26.2 Å². The lowest BCUT2D eigenvalue weighted by molar-refractivity contribution is -0.171. The van der Waals surface area contributed by atoms with Gasteiger partial charge in [-0.1, -0.05) is 26.2 Å². The Balaban J connectivity index is 2.43. The Morgan fingerprint density at radius 2 is 1.82 bits per heavy atom. The summed E-state index contributed by atoms with van der Waals surface area (Å²) in [6, 6.07) is 0. The molecule has 0 heterocycles. The predicted molar refractivity (Wildman–Crippen MR) is 63.4 cm³/mol. The molecule has 0 amide bonds. The molecule has 0 saturated heterocycles. The van der Waals surface area contributed by atoms with Gasteiger partial charge in [-0.3, -0.25) is 4.79 Å². The summed E-state index contributed by atoms with van der Waals surface area (Å²) in [7, 11) is 0. The van der Waals surface area contributed by atoms with Crippen LogP contribution in [0, 0.1) is 5.92 Å². The van der Waals surface area contributed by atoms with E-state index >= 15 is 0 Å². The fourth-order valence-electron chi connectivity index (χ4n) is 2.11. The van der Waals surface area contributed by atoms with E-state index in [9.17, 15) is 9.59 Å². The summed E-state index contributed by atoms with van der Waals surface area (Å²) in [5.41, 5.74) is 0. The summed E-state index contributed by atoms with van der Waals surface area (Å²) in [5, 5.41) is 0. The Bertz CT molecular complexity index is 256. The summed E-state index contributed by atoms with van der Waals surface area (Å²) < 4.78 is 10.1. The zero-order chi connectivity index (χ0) is 12.7. The Morgan fingerprint density at radius 1 is 1.18 bits per heavy atom. The van der Waals surface area contributed by atoms with Crippen molar-refractivity contribution in [2.45, 2.75) is 58.5 Å². The molecule has 0 radical (unpaired) electrons. The zero-order valence-electron chi connectivity index (χ0n) is 10.7. The molecule has 4 heteroatoms. The van der Waals surface area contributed by atoms with Crippen molar-refractivity contribution in [3.05, 3.63) is 0 Å². The molecule has 0 aromatic rings. The van der Waals surface area contributed by atoms with Crippen LogP contribution in [0.2, 0.25) is 0 Å². The molecule has 98 valence electrons. The van der Waals surface area contributed by atoms with Crippen LogP contribution in [0.5, 0.6) is 0 Å². The normalized spacial score (nSPS) is 18.5. The molecule has 1 aliphatic rings. The average molecular weight is 242 g/mol. The standard InChI is InChI=1S/C13H22O4/c1-3-11(13(15)16-4-2)17-12(14)10-8-6-5-7-9-10/h10-11H,3-9H2,1-2H3. The number of rotatable bonds is 5. The Morgan fingerprint density at radius 3 is 2.35 bits per heavy atom. The maximum Gasteiger partial charge on any atom is 0.347 e. The first-order chi connectivity index (χ1) is 8.19. The first-order valence-electron chi connectivity index (χ1n) is 6.56. The molecule has 0 N–H and O–H groups in total. The third kappa shape index (κ3) is 4.36. The molecule has 4 nitrogen and oxygen atoms in total. The van der Waals surface area contributed by atoms with Crippen LogP contribution in [0.25, 0.3) is 0 Å². The van der Waals surface area contributed by atoms with Crippen LogP contribution in [-0.2, 0) is 19.1 Å². The van der Waals surface area contributed by atoms with Gasteiger partial charge in [0.05, 0.1) is 12.5 Å². The van der Waals surface area contributed by atoms with Gasteiger partial charge in [0, 0.05) is 0 Å². The van der Waals surface area contributed by atoms with Gasteiger partial charge < -0.3 is 9.47 Å². The van der Waals surface area contributed by atoms with Crippen molar-refractivity contribution < 1.29 is 19.1 Å². The van der Waals surface area contributed by atoms with E-state index in [4.69, 9.17) is 9.47 Å². The van der Waals surface area contributed by atoms with Gasteiger partial charge >= 0.3 is 11.9 Å². The molecule has 1 rings (SSSR count). The summed E-state index contributed by atoms with van der Waals surface area (Å²) in [4.78, 5) is 23.3. The van der Waals surface area contributed by atoms with E-state index in [-0.39, 0.29) is 11.9 Å². The second-order valence-electron chi connectivity index (χ2n) is 4.42. The van der Waals surface area contributed by atoms with Gasteiger partial charge in [0.2, 0.25) is 0 Å². The van der Waals surface area contributed by atoms with Gasteiger partial charge in [-0.2, -0.15) is 0 Å². The lowest BCUT2D eigenvalue weighted by Gasteiger charge is -2.22. The molecular formula is C13H22O4. The first kappa shape index (κ1) is 14.0. The highest BCUT2D eigenvalue weighted by atomic mass is 16.6. The van der Waals surface area contributed by atoms with Crippen LogP contribution < -0.4 is 0 Å². The summed E-state index contributed by atoms with van der Waals surface area (Å²) >= 11 is 0. The van der Waals surface area contributed by atoms with Crippen molar-refractivity contribution in [1.82, 2.24) is 0 Å². The Labute approximate surface area is 103 Å². The van der Waals surface area contributed by atoms with Crippen LogP contribution >= 0.6 is 0 Å². The second-order valence-corrected chi connectivity index (χ2v) is 4.42. The highest BCUT2D eigenvalue weighted by Crippen LogP contribution is 2.25. The largest absolute Gasteiger partial charge is 0.463 e. The molecule has 0 bridgehead atoms. The van der Waals surface area contributed by atoms with Gasteiger partial charge in [0.15, 0.2) is 6.10 Å². The zero-order valence-corrected chi connectivity index (χ0v) is 10.7. The third-order valence-electron chi connectivity index (χ3n) is 3.12. The Kier molecular flexibility index (Phi) is 6.01. The van der Waals surface area contributed by atoms with E-state index < -0.39 is 12.1 Å². The number of ether oxygens (including phenoxy) is 2. The van der Waals surface area contributed by atoms with Crippen molar-refractivity contribution in [2.75, 3.05) is 6.61 Å². The molecule has 0 aromatic heterocycles. The first-order valence-corrected chi connectivity index (χ1v) is 6.56. The number of hydrogen-bond donors (Lipinski definition) is 0. The second kappa shape index (κ2) is 7.30. The fourth-order valence-corrected chi connectivity index (χ4v) is 2.11. The molecular weight excluding hydrogens is 220 g/mol. The summed E-state index contributed by atoms with van der Waals surface area (Å²) in [6.07, 6.45) is 4.86. The van der Waals surface area contributed by atoms with E-state index in [1.165, 1.54) is 6.42 Å².